The maximum atomic E-state index is 12.3. The molecule has 0 aliphatic carbocycles. The van der Waals surface area contributed by atoms with Crippen molar-refractivity contribution in [2.24, 2.45) is 0 Å². The van der Waals surface area contributed by atoms with Crippen LogP contribution in [0, 0.1) is 6.92 Å². The molecule has 0 bridgehead atoms. The van der Waals surface area contributed by atoms with Crippen LogP contribution in [-0.4, -0.2) is 34.1 Å². The molecule has 0 radical (unpaired) electrons. The number of rotatable bonds is 7. The molecular formula is C18H22N2O4S. The van der Waals surface area contributed by atoms with Gasteiger partial charge in [-0.3, -0.25) is 4.79 Å². The van der Waals surface area contributed by atoms with Crippen molar-refractivity contribution in [1.82, 2.24) is 4.72 Å². The van der Waals surface area contributed by atoms with Crippen LogP contribution in [0.1, 0.15) is 22.8 Å². The lowest BCUT2D eigenvalue weighted by Crippen LogP contribution is -2.35. The van der Waals surface area contributed by atoms with E-state index in [9.17, 15) is 13.2 Å². The molecule has 25 heavy (non-hydrogen) atoms. The fourth-order valence-electron chi connectivity index (χ4n) is 2.36. The number of hydrogen-bond acceptors (Lipinski definition) is 4. The summed E-state index contributed by atoms with van der Waals surface area (Å²) < 4.78 is 32.0. The van der Waals surface area contributed by atoms with Gasteiger partial charge in [0.1, 0.15) is 0 Å². The third-order valence-corrected chi connectivity index (χ3v) is 5.19. The SMILES string of the molecule is COC[C@@H](C)NS(=O)(=O)c1ccc(NC(=O)c2ccccc2C)cc1. The van der Waals surface area contributed by atoms with Gasteiger partial charge in [-0.1, -0.05) is 18.2 Å². The van der Waals surface area contributed by atoms with Crippen LogP contribution in [0.3, 0.4) is 0 Å². The molecule has 1 atom stereocenters. The van der Waals surface area contributed by atoms with Gasteiger partial charge in [-0.2, -0.15) is 0 Å². The van der Waals surface area contributed by atoms with Crippen LogP contribution >= 0.6 is 0 Å². The minimum atomic E-state index is -3.63. The summed E-state index contributed by atoms with van der Waals surface area (Å²) in [7, 11) is -2.12. The van der Waals surface area contributed by atoms with Crippen molar-refractivity contribution >= 4 is 21.6 Å². The fraction of sp³-hybridized carbons (Fsp3) is 0.278. The summed E-state index contributed by atoms with van der Waals surface area (Å²) in [6.45, 7) is 3.86. The first-order valence-corrected chi connectivity index (χ1v) is 9.30. The second kappa shape index (κ2) is 8.24. The molecule has 0 unspecified atom stereocenters. The van der Waals surface area contributed by atoms with Gasteiger partial charge < -0.3 is 10.1 Å². The van der Waals surface area contributed by atoms with Crippen LogP contribution < -0.4 is 10.0 Å². The number of aryl methyl sites for hydroxylation is 1. The summed E-state index contributed by atoms with van der Waals surface area (Å²) in [4.78, 5) is 12.4. The molecule has 2 N–H and O–H groups in total. The number of sulfonamides is 1. The fourth-order valence-corrected chi connectivity index (χ4v) is 3.59. The highest BCUT2D eigenvalue weighted by Crippen LogP contribution is 2.16. The molecule has 6 nitrogen and oxygen atoms in total. The van der Waals surface area contributed by atoms with E-state index >= 15 is 0 Å². The normalized spacial score (nSPS) is 12.6. The number of nitrogens with one attached hydrogen (secondary N) is 2. The van der Waals surface area contributed by atoms with Crippen LogP contribution in [-0.2, 0) is 14.8 Å². The Labute approximate surface area is 148 Å². The molecule has 0 fully saturated rings. The highest BCUT2D eigenvalue weighted by molar-refractivity contribution is 7.89. The minimum Gasteiger partial charge on any atom is -0.383 e. The molecule has 0 aliphatic rings. The van der Waals surface area contributed by atoms with Crippen molar-refractivity contribution in [2.75, 3.05) is 19.0 Å². The Morgan fingerprint density at radius 1 is 1.12 bits per heavy atom. The van der Waals surface area contributed by atoms with Gasteiger partial charge in [0.15, 0.2) is 0 Å². The smallest absolute Gasteiger partial charge is 0.255 e. The zero-order chi connectivity index (χ0) is 18.4. The summed E-state index contributed by atoms with van der Waals surface area (Å²) in [5, 5.41) is 2.76. The molecule has 2 aromatic rings. The average Bonchev–Trinajstić information content (AvgIpc) is 2.55. The molecule has 0 saturated heterocycles. The van der Waals surface area contributed by atoms with Crippen LogP contribution in [0.15, 0.2) is 53.4 Å². The molecule has 134 valence electrons. The van der Waals surface area contributed by atoms with E-state index in [-0.39, 0.29) is 23.5 Å². The topological polar surface area (TPSA) is 84.5 Å². The average molecular weight is 362 g/mol. The van der Waals surface area contributed by atoms with Crippen LogP contribution in [0.25, 0.3) is 0 Å². The van der Waals surface area contributed by atoms with Gasteiger partial charge in [-0.25, -0.2) is 13.1 Å². The second-order valence-electron chi connectivity index (χ2n) is 5.77. The lowest BCUT2D eigenvalue weighted by Gasteiger charge is -2.13. The summed E-state index contributed by atoms with van der Waals surface area (Å²) in [6.07, 6.45) is 0. The Morgan fingerprint density at radius 3 is 2.36 bits per heavy atom. The first-order valence-electron chi connectivity index (χ1n) is 7.82. The predicted molar refractivity (Wildman–Crippen MR) is 97.2 cm³/mol. The van der Waals surface area contributed by atoms with Crippen molar-refractivity contribution in [2.45, 2.75) is 24.8 Å². The highest BCUT2D eigenvalue weighted by atomic mass is 32.2. The lowest BCUT2D eigenvalue weighted by atomic mass is 10.1. The molecule has 0 aliphatic heterocycles. The molecular weight excluding hydrogens is 340 g/mol. The minimum absolute atomic E-state index is 0.129. The number of carbonyl (C=O) groups excluding carboxylic acids is 1. The molecule has 2 aromatic carbocycles. The molecule has 0 heterocycles. The summed E-state index contributed by atoms with van der Waals surface area (Å²) in [6, 6.07) is 13.0. The quantitative estimate of drug-likeness (QED) is 0.793. The second-order valence-corrected chi connectivity index (χ2v) is 7.49. The van der Waals surface area contributed by atoms with E-state index in [1.165, 1.54) is 19.2 Å². The Bertz CT molecular complexity index is 832. The number of amides is 1. The summed E-state index contributed by atoms with van der Waals surface area (Å²) in [5.41, 5.74) is 1.97. The van der Waals surface area contributed by atoms with Crippen molar-refractivity contribution < 1.29 is 17.9 Å². The van der Waals surface area contributed by atoms with E-state index in [1.54, 1.807) is 31.2 Å². The molecule has 7 heteroatoms. The van der Waals surface area contributed by atoms with Gasteiger partial charge in [-0.15, -0.1) is 0 Å². The number of methoxy groups -OCH3 is 1. The van der Waals surface area contributed by atoms with Crippen LogP contribution in [0.2, 0.25) is 0 Å². The van der Waals surface area contributed by atoms with E-state index in [0.29, 0.717) is 11.3 Å². The number of carbonyl (C=O) groups is 1. The largest absolute Gasteiger partial charge is 0.383 e. The monoisotopic (exact) mass is 362 g/mol. The third-order valence-electron chi connectivity index (χ3n) is 3.59. The van der Waals surface area contributed by atoms with Gasteiger partial charge >= 0.3 is 0 Å². The highest BCUT2D eigenvalue weighted by Gasteiger charge is 2.17. The Hall–Kier alpha value is -2.22. The number of benzene rings is 2. The Balaban J connectivity index is 2.09. The van der Waals surface area contributed by atoms with Crippen molar-refractivity contribution in [3.05, 3.63) is 59.7 Å². The zero-order valence-electron chi connectivity index (χ0n) is 14.4. The van der Waals surface area contributed by atoms with Crippen molar-refractivity contribution in [3.63, 3.8) is 0 Å². The maximum Gasteiger partial charge on any atom is 0.255 e. The van der Waals surface area contributed by atoms with Crippen LogP contribution in [0.4, 0.5) is 5.69 Å². The Morgan fingerprint density at radius 2 is 1.76 bits per heavy atom. The lowest BCUT2D eigenvalue weighted by molar-refractivity contribution is 0.102. The molecule has 2 rings (SSSR count). The number of anilines is 1. The van der Waals surface area contributed by atoms with E-state index in [0.717, 1.165) is 5.56 Å². The first-order chi connectivity index (χ1) is 11.8. The van der Waals surface area contributed by atoms with Gasteiger partial charge in [0.25, 0.3) is 5.91 Å². The van der Waals surface area contributed by atoms with Gasteiger partial charge in [0.05, 0.1) is 11.5 Å². The van der Waals surface area contributed by atoms with Crippen molar-refractivity contribution in [1.29, 1.82) is 0 Å². The maximum absolute atomic E-state index is 12.3. The molecule has 1 amide bonds. The van der Waals surface area contributed by atoms with E-state index in [2.05, 4.69) is 10.0 Å². The standard InChI is InChI=1S/C18H22N2O4S/c1-13-6-4-5-7-17(13)18(21)19-15-8-10-16(11-9-15)25(22,23)20-14(2)12-24-3/h4-11,14,20H,12H2,1-3H3,(H,19,21)/t14-/m1/s1. The summed E-state index contributed by atoms with van der Waals surface area (Å²) >= 11 is 0. The third kappa shape index (κ3) is 5.12. The summed E-state index contributed by atoms with van der Waals surface area (Å²) in [5.74, 6) is -0.236. The van der Waals surface area contributed by atoms with Gasteiger partial charge in [-0.05, 0) is 49.7 Å². The van der Waals surface area contributed by atoms with Crippen LogP contribution in [0.5, 0.6) is 0 Å². The number of ether oxygens (including phenoxy) is 1. The van der Waals surface area contributed by atoms with E-state index in [4.69, 9.17) is 4.74 Å². The zero-order valence-corrected chi connectivity index (χ0v) is 15.3. The molecule has 0 saturated carbocycles. The number of hydrogen-bond donors (Lipinski definition) is 2. The van der Waals surface area contributed by atoms with E-state index < -0.39 is 10.0 Å². The molecule has 0 aromatic heterocycles. The Kier molecular flexibility index (Phi) is 6.30. The molecule has 0 spiro atoms. The van der Waals surface area contributed by atoms with Crippen molar-refractivity contribution in [3.8, 4) is 0 Å². The first kappa shape index (κ1) is 19.1. The van der Waals surface area contributed by atoms with Gasteiger partial charge in [0.2, 0.25) is 10.0 Å². The predicted octanol–water partition coefficient (Wildman–Crippen LogP) is 2.56. The van der Waals surface area contributed by atoms with E-state index in [1.807, 2.05) is 19.1 Å². The van der Waals surface area contributed by atoms with Gasteiger partial charge in [0, 0.05) is 24.4 Å².